The molecule has 1 aromatic carbocycles. The van der Waals surface area contributed by atoms with Crippen LogP contribution in [0.15, 0.2) is 40.8 Å². The van der Waals surface area contributed by atoms with Crippen molar-refractivity contribution in [1.29, 1.82) is 0 Å². The molecule has 0 bridgehead atoms. The van der Waals surface area contributed by atoms with E-state index < -0.39 is 15.9 Å². The highest BCUT2D eigenvalue weighted by molar-refractivity contribution is 7.89. The minimum atomic E-state index is -3.69. The van der Waals surface area contributed by atoms with Crippen LogP contribution >= 0.6 is 0 Å². The van der Waals surface area contributed by atoms with E-state index in [1.807, 2.05) is 0 Å². The molecule has 1 aliphatic heterocycles. The maximum atomic E-state index is 12.4. The van der Waals surface area contributed by atoms with E-state index in [-0.39, 0.29) is 29.5 Å². The third kappa shape index (κ3) is 3.29. The highest BCUT2D eigenvalue weighted by atomic mass is 32.2. The van der Waals surface area contributed by atoms with E-state index in [4.69, 9.17) is 5.73 Å². The summed E-state index contributed by atoms with van der Waals surface area (Å²) in [5, 5.41) is 2.56. The van der Waals surface area contributed by atoms with Gasteiger partial charge in [0.15, 0.2) is 0 Å². The zero-order valence-corrected chi connectivity index (χ0v) is 12.2. The molecule has 2 rings (SSSR count). The number of hydrogen-bond acceptors (Lipinski definition) is 4. The van der Waals surface area contributed by atoms with Crippen molar-refractivity contribution in [3.63, 3.8) is 0 Å². The molecule has 7 nitrogen and oxygen atoms in total. The number of hydrogen-bond donors (Lipinski definition) is 2. The van der Waals surface area contributed by atoms with Crippen LogP contribution in [0.1, 0.15) is 6.92 Å². The van der Waals surface area contributed by atoms with Crippen molar-refractivity contribution in [1.82, 2.24) is 4.31 Å². The normalized spacial score (nSPS) is 15.6. The number of carbonyl (C=O) groups excluding carboxylic acids is 2. The Balaban J connectivity index is 2.17. The summed E-state index contributed by atoms with van der Waals surface area (Å²) in [5.74, 6) is -0.853. The van der Waals surface area contributed by atoms with Gasteiger partial charge in [0, 0.05) is 31.3 Å². The quantitative estimate of drug-likeness (QED) is 0.819. The van der Waals surface area contributed by atoms with Crippen molar-refractivity contribution in [2.75, 3.05) is 18.4 Å². The molecule has 0 aliphatic carbocycles. The zero-order valence-electron chi connectivity index (χ0n) is 11.4. The molecule has 1 aliphatic rings. The summed E-state index contributed by atoms with van der Waals surface area (Å²) < 4.78 is 25.9. The van der Waals surface area contributed by atoms with Gasteiger partial charge in [-0.3, -0.25) is 9.59 Å². The molecule has 21 heavy (non-hydrogen) atoms. The first-order chi connectivity index (χ1) is 9.80. The Hall–Kier alpha value is -2.19. The minimum absolute atomic E-state index is 0.0227. The molecule has 0 spiro atoms. The van der Waals surface area contributed by atoms with Gasteiger partial charge in [0.1, 0.15) is 0 Å². The molecule has 112 valence electrons. The molecule has 0 unspecified atom stereocenters. The molecule has 3 N–H and O–H groups in total. The molecule has 0 atom stereocenters. The maximum Gasteiger partial charge on any atom is 0.245 e. The van der Waals surface area contributed by atoms with E-state index in [0.29, 0.717) is 5.69 Å². The lowest BCUT2D eigenvalue weighted by atomic mass is 10.3. The lowest BCUT2D eigenvalue weighted by Crippen LogP contribution is -2.30. The summed E-state index contributed by atoms with van der Waals surface area (Å²) >= 11 is 0. The first-order valence-corrected chi connectivity index (χ1v) is 7.61. The van der Waals surface area contributed by atoms with Crippen molar-refractivity contribution >= 4 is 27.5 Å². The second-order valence-electron chi connectivity index (χ2n) is 4.60. The first-order valence-electron chi connectivity index (χ1n) is 6.17. The summed E-state index contributed by atoms with van der Waals surface area (Å²) in [4.78, 5) is 22.1. The standard InChI is InChI=1S/C13H15N3O4S/c1-9(17)15-11-2-4-12(5-3-11)21(19,20)16-7-6-10(8-16)13(14)18/h2-6H,7-8H2,1H3,(H2,14,18)(H,15,17). The number of rotatable bonds is 4. The Morgan fingerprint density at radius 2 is 1.86 bits per heavy atom. The van der Waals surface area contributed by atoms with E-state index in [1.54, 1.807) is 0 Å². The second-order valence-corrected chi connectivity index (χ2v) is 6.53. The Morgan fingerprint density at radius 3 is 2.33 bits per heavy atom. The Bertz CT molecular complexity index is 707. The van der Waals surface area contributed by atoms with Crippen LogP contribution in [0.25, 0.3) is 0 Å². The van der Waals surface area contributed by atoms with Crippen LogP contribution in [0.5, 0.6) is 0 Å². The number of anilines is 1. The average molecular weight is 309 g/mol. The molecule has 2 amide bonds. The summed E-state index contributed by atoms with van der Waals surface area (Å²) in [7, 11) is -3.69. The Labute approximate surface area is 122 Å². The van der Waals surface area contributed by atoms with Gasteiger partial charge in [0.2, 0.25) is 21.8 Å². The van der Waals surface area contributed by atoms with Gasteiger partial charge in [-0.05, 0) is 24.3 Å². The van der Waals surface area contributed by atoms with Crippen molar-refractivity contribution in [3.8, 4) is 0 Å². The number of amides is 2. The fourth-order valence-electron chi connectivity index (χ4n) is 1.96. The van der Waals surface area contributed by atoms with Crippen molar-refractivity contribution in [2.24, 2.45) is 5.73 Å². The van der Waals surface area contributed by atoms with Gasteiger partial charge >= 0.3 is 0 Å². The lowest BCUT2D eigenvalue weighted by molar-refractivity contribution is -0.115. The van der Waals surface area contributed by atoms with Gasteiger partial charge in [-0.2, -0.15) is 4.31 Å². The topological polar surface area (TPSA) is 110 Å². The van der Waals surface area contributed by atoms with Gasteiger partial charge < -0.3 is 11.1 Å². The van der Waals surface area contributed by atoms with Crippen LogP contribution in [0.2, 0.25) is 0 Å². The van der Waals surface area contributed by atoms with Crippen LogP contribution in [0, 0.1) is 0 Å². The predicted octanol–water partition coefficient (Wildman–Crippen LogP) is 0.0610. The van der Waals surface area contributed by atoms with Crippen molar-refractivity contribution in [2.45, 2.75) is 11.8 Å². The third-order valence-electron chi connectivity index (χ3n) is 3.02. The van der Waals surface area contributed by atoms with Gasteiger partial charge in [0.25, 0.3) is 0 Å². The van der Waals surface area contributed by atoms with E-state index in [2.05, 4.69) is 5.32 Å². The molecular formula is C13H15N3O4S. The molecule has 1 heterocycles. The molecule has 0 fully saturated rings. The molecule has 0 saturated carbocycles. The van der Waals surface area contributed by atoms with Gasteiger partial charge in [-0.25, -0.2) is 8.42 Å². The van der Waals surface area contributed by atoms with Crippen LogP contribution in [-0.4, -0.2) is 37.6 Å². The SMILES string of the molecule is CC(=O)Nc1ccc(S(=O)(=O)N2CC=C(C(N)=O)C2)cc1. The van der Waals surface area contributed by atoms with Gasteiger partial charge in [0.05, 0.1) is 4.90 Å². The van der Waals surface area contributed by atoms with Gasteiger partial charge in [-0.1, -0.05) is 6.08 Å². The summed E-state index contributed by atoms with van der Waals surface area (Å²) in [5.41, 5.74) is 5.94. The number of carbonyl (C=O) groups is 2. The maximum absolute atomic E-state index is 12.4. The fourth-order valence-corrected chi connectivity index (χ4v) is 3.31. The molecule has 8 heteroatoms. The lowest BCUT2D eigenvalue weighted by Gasteiger charge is -2.16. The smallest absolute Gasteiger partial charge is 0.245 e. The predicted molar refractivity (Wildman–Crippen MR) is 76.8 cm³/mol. The minimum Gasteiger partial charge on any atom is -0.366 e. The van der Waals surface area contributed by atoms with E-state index >= 15 is 0 Å². The Morgan fingerprint density at radius 1 is 1.24 bits per heavy atom. The average Bonchev–Trinajstić information content (AvgIpc) is 2.89. The van der Waals surface area contributed by atoms with E-state index in [0.717, 1.165) is 0 Å². The summed E-state index contributed by atoms with van der Waals surface area (Å²) in [6.07, 6.45) is 1.51. The molecule has 0 aromatic heterocycles. The van der Waals surface area contributed by atoms with Crippen LogP contribution < -0.4 is 11.1 Å². The second kappa shape index (κ2) is 5.66. The van der Waals surface area contributed by atoms with E-state index in [9.17, 15) is 18.0 Å². The number of sulfonamides is 1. The summed E-state index contributed by atoms with van der Waals surface area (Å²) in [6, 6.07) is 5.82. The number of nitrogens with one attached hydrogen (secondary N) is 1. The molecule has 0 radical (unpaired) electrons. The number of benzene rings is 1. The van der Waals surface area contributed by atoms with Crippen LogP contribution in [0.4, 0.5) is 5.69 Å². The van der Waals surface area contributed by atoms with Crippen LogP contribution in [0.3, 0.4) is 0 Å². The summed E-state index contributed by atoms with van der Waals surface area (Å²) in [6.45, 7) is 1.46. The van der Waals surface area contributed by atoms with Crippen LogP contribution in [-0.2, 0) is 19.6 Å². The number of primary amides is 1. The largest absolute Gasteiger partial charge is 0.366 e. The third-order valence-corrected chi connectivity index (χ3v) is 4.84. The highest BCUT2D eigenvalue weighted by Gasteiger charge is 2.29. The Kier molecular flexibility index (Phi) is 4.10. The highest BCUT2D eigenvalue weighted by Crippen LogP contribution is 2.22. The molecule has 1 aromatic rings. The number of nitrogens with zero attached hydrogens (tertiary/aromatic N) is 1. The van der Waals surface area contributed by atoms with Gasteiger partial charge in [-0.15, -0.1) is 0 Å². The van der Waals surface area contributed by atoms with E-state index in [1.165, 1.54) is 41.6 Å². The van der Waals surface area contributed by atoms with Crippen molar-refractivity contribution < 1.29 is 18.0 Å². The zero-order chi connectivity index (χ0) is 15.6. The first kappa shape index (κ1) is 15.2. The monoisotopic (exact) mass is 309 g/mol. The number of nitrogens with two attached hydrogens (primary N) is 1. The molecule has 0 saturated heterocycles. The molecular weight excluding hydrogens is 294 g/mol. The van der Waals surface area contributed by atoms with Crippen molar-refractivity contribution in [3.05, 3.63) is 35.9 Å². The fraction of sp³-hybridized carbons (Fsp3) is 0.231.